The van der Waals surface area contributed by atoms with E-state index in [2.05, 4.69) is 22.3 Å². The zero-order chi connectivity index (χ0) is 18.4. The molecular formula is C21H32N2O3. The van der Waals surface area contributed by atoms with Crippen LogP contribution in [0.4, 0.5) is 0 Å². The predicted octanol–water partition coefficient (Wildman–Crippen LogP) is 2.46. The van der Waals surface area contributed by atoms with Crippen LogP contribution in [0.3, 0.4) is 0 Å². The number of rotatable bonds is 7. The van der Waals surface area contributed by atoms with Gasteiger partial charge in [-0.3, -0.25) is 4.79 Å². The molecule has 2 fully saturated rings. The van der Waals surface area contributed by atoms with Gasteiger partial charge >= 0.3 is 0 Å². The van der Waals surface area contributed by atoms with Crippen LogP contribution in [0.15, 0.2) is 24.3 Å². The molecule has 1 aromatic rings. The summed E-state index contributed by atoms with van der Waals surface area (Å²) in [7, 11) is 1.98. The van der Waals surface area contributed by atoms with Crippen molar-refractivity contribution in [1.82, 2.24) is 10.2 Å². The first-order chi connectivity index (χ1) is 12.6. The molecule has 3 rings (SSSR count). The molecule has 1 saturated heterocycles. The molecule has 5 nitrogen and oxygen atoms in total. The van der Waals surface area contributed by atoms with Gasteiger partial charge in [0.25, 0.3) is 0 Å². The van der Waals surface area contributed by atoms with Gasteiger partial charge in [-0.15, -0.1) is 0 Å². The summed E-state index contributed by atoms with van der Waals surface area (Å²) >= 11 is 0. The van der Waals surface area contributed by atoms with E-state index in [9.17, 15) is 9.90 Å². The molecule has 0 aromatic heterocycles. The average Bonchev–Trinajstić information content (AvgIpc) is 2.96. The Hall–Kier alpha value is -1.43. The normalized spacial score (nSPS) is 24.7. The summed E-state index contributed by atoms with van der Waals surface area (Å²) in [6, 6.07) is 8.16. The van der Waals surface area contributed by atoms with Crippen LogP contribution in [-0.4, -0.2) is 48.3 Å². The zero-order valence-electron chi connectivity index (χ0n) is 15.8. The van der Waals surface area contributed by atoms with Crippen LogP contribution in [0.2, 0.25) is 0 Å². The number of amides is 1. The second-order valence-electron chi connectivity index (χ2n) is 7.87. The molecule has 1 saturated carbocycles. The average molecular weight is 360 g/mol. The Morgan fingerprint density at radius 3 is 2.62 bits per heavy atom. The van der Waals surface area contributed by atoms with E-state index in [-0.39, 0.29) is 11.8 Å². The van der Waals surface area contributed by atoms with Crippen molar-refractivity contribution < 1.29 is 14.6 Å². The SMILES string of the molecule is CN1C[C@@H](CC(=O)NCc2ccccc2COC2CCCCC2)[C@H](O)C1. The van der Waals surface area contributed by atoms with Gasteiger partial charge in [-0.1, -0.05) is 43.5 Å². The molecule has 0 spiro atoms. The lowest BCUT2D eigenvalue weighted by Gasteiger charge is -2.22. The van der Waals surface area contributed by atoms with Crippen molar-refractivity contribution in [3.8, 4) is 0 Å². The lowest BCUT2D eigenvalue weighted by Crippen LogP contribution is -2.29. The minimum absolute atomic E-state index is 0.00681. The standard InChI is InChI=1S/C21H32N2O3/c1-23-13-18(20(24)14-23)11-21(25)22-12-16-7-5-6-8-17(16)15-26-19-9-3-2-4-10-19/h5-8,18-20,24H,2-4,9-15H2,1H3,(H,22,25)/t18-,20-/m1/s1. The van der Waals surface area contributed by atoms with E-state index in [0.717, 1.165) is 30.5 Å². The van der Waals surface area contributed by atoms with E-state index in [1.165, 1.54) is 19.3 Å². The number of aliphatic hydroxyl groups excluding tert-OH is 1. The summed E-state index contributed by atoms with van der Waals surface area (Å²) in [5, 5.41) is 13.0. The Balaban J connectivity index is 1.47. The van der Waals surface area contributed by atoms with Crippen molar-refractivity contribution in [2.45, 2.75) is 63.9 Å². The molecular weight excluding hydrogens is 328 g/mol. The second-order valence-corrected chi connectivity index (χ2v) is 7.87. The van der Waals surface area contributed by atoms with E-state index in [4.69, 9.17) is 4.74 Å². The number of likely N-dealkylation sites (N-methyl/N-ethyl adjacent to an activating group) is 1. The smallest absolute Gasteiger partial charge is 0.220 e. The van der Waals surface area contributed by atoms with Gasteiger partial charge in [-0.2, -0.15) is 0 Å². The van der Waals surface area contributed by atoms with Gasteiger partial charge in [0.1, 0.15) is 0 Å². The van der Waals surface area contributed by atoms with Crippen LogP contribution in [0.1, 0.15) is 49.7 Å². The number of aliphatic hydroxyl groups is 1. The minimum atomic E-state index is -0.401. The quantitative estimate of drug-likeness (QED) is 0.784. The summed E-state index contributed by atoms with van der Waals surface area (Å²) in [6.45, 7) is 2.56. The monoisotopic (exact) mass is 360 g/mol. The number of nitrogens with one attached hydrogen (secondary N) is 1. The number of hydrogen-bond acceptors (Lipinski definition) is 4. The highest BCUT2D eigenvalue weighted by molar-refractivity contribution is 5.76. The number of carbonyl (C=O) groups is 1. The molecule has 144 valence electrons. The van der Waals surface area contributed by atoms with Crippen molar-refractivity contribution in [1.29, 1.82) is 0 Å². The number of likely N-dealkylation sites (tertiary alicyclic amines) is 1. The Morgan fingerprint density at radius 2 is 1.92 bits per heavy atom. The van der Waals surface area contributed by atoms with E-state index in [1.54, 1.807) is 0 Å². The van der Waals surface area contributed by atoms with Gasteiger partial charge < -0.3 is 20.1 Å². The van der Waals surface area contributed by atoms with E-state index in [0.29, 0.717) is 32.2 Å². The fourth-order valence-corrected chi connectivity index (χ4v) is 4.08. The largest absolute Gasteiger partial charge is 0.391 e. The highest BCUT2D eigenvalue weighted by atomic mass is 16.5. The first-order valence-electron chi connectivity index (χ1n) is 9.93. The topological polar surface area (TPSA) is 61.8 Å². The zero-order valence-corrected chi connectivity index (χ0v) is 15.8. The fourth-order valence-electron chi connectivity index (χ4n) is 4.08. The fraction of sp³-hybridized carbons (Fsp3) is 0.667. The van der Waals surface area contributed by atoms with Crippen LogP contribution in [0.5, 0.6) is 0 Å². The van der Waals surface area contributed by atoms with Crippen molar-refractivity contribution in [3.63, 3.8) is 0 Å². The first kappa shape index (κ1) is 19.3. The van der Waals surface area contributed by atoms with Gasteiger partial charge in [0.15, 0.2) is 0 Å². The molecule has 2 N–H and O–H groups in total. The second kappa shape index (κ2) is 9.49. The van der Waals surface area contributed by atoms with E-state index >= 15 is 0 Å². The first-order valence-corrected chi connectivity index (χ1v) is 9.93. The molecule has 1 aliphatic carbocycles. The van der Waals surface area contributed by atoms with Crippen LogP contribution in [0, 0.1) is 5.92 Å². The van der Waals surface area contributed by atoms with E-state index in [1.807, 2.05) is 19.2 Å². The molecule has 2 aliphatic rings. The number of ether oxygens (including phenoxy) is 1. The van der Waals surface area contributed by atoms with Gasteiger partial charge in [0, 0.05) is 32.0 Å². The molecule has 1 aliphatic heterocycles. The van der Waals surface area contributed by atoms with Crippen LogP contribution in [0.25, 0.3) is 0 Å². The van der Waals surface area contributed by atoms with Crippen molar-refractivity contribution >= 4 is 5.91 Å². The number of benzene rings is 1. The molecule has 2 atom stereocenters. The summed E-state index contributed by atoms with van der Waals surface area (Å²) in [6.07, 6.45) is 6.55. The summed E-state index contributed by atoms with van der Waals surface area (Å²) in [5.41, 5.74) is 2.26. The van der Waals surface area contributed by atoms with Crippen molar-refractivity contribution in [3.05, 3.63) is 35.4 Å². The number of nitrogens with zero attached hydrogens (tertiary/aromatic N) is 1. The highest BCUT2D eigenvalue weighted by Gasteiger charge is 2.30. The molecule has 1 heterocycles. The Labute approximate surface area is 156 Å². The predicted molar refractivity (Wildman–Crippen MR) is 102 cm³/mol. The maximum Gasteiger partial charge on any atom is 0.220 e. The Morgan fingerprint density at radius 1 is 1.19 bits per heavy atom. The lowest BCUT2D eigenvalue weighted by molar-refractivity contribution is -0.122. The maximum atomic E-state index is 12.3. The molecule has 26 heavy (non-hydrogen) atoms. The van der Waals surface area contributed by atoms with Crippen LogP contribution in [-0.2, 0) is 22.7 Å². The number of carbonyl (C=O) groups excluding carboxylic acids is 1. The molecule has 0 radical (unpaired) electrons. The molecule has 1 aromatic carbocycles. The van der Waals surface area contributed by atoms with Crippen molar-refractivity contribution in [2.24, 2.45) is 5.92 Å². The highest BCUT2D eigenvalue weighted by Crippen LogP contribution is 2.22. The Bertz CT molecular complexity index is 586. The third-order valence-corrected chi connectivity index (χ3v) is 5.66. The Kier molecular flexibility index (Phi) is 7.06. The molecule has 1 amide bonds. The van der Waals surface area contributed by atoms with Crippen molar-refractivity contribution in [2.75, 3.05) is 20.1 Å². The van der Waals surface area contributed by atoms with Crippen LogP contribution < -0.4 is 5.32 Å². The molecule has 5 heteroatoms. The maximum absolute atomic E-state index is 12.3. The molecule has 0 bridgehead atoms. The molecule has 0 unspecified atom stereocenters. The van der Waals surface area contributed by atoms with E-state index < -0.39 is 6.10 Å². The van der Waals surface area contributed by atoms with Gasteiger partial charge in [-0.25, -0.2) is 0 Å². The summed E-state index contributed by atoms with van der Waals surface area (Å²) in [5.74, 6) is 0.0391. The third kappa shape index (κ3) is 5.53. The van der Waals surface area contributed by atoms with Crippen LogP contribution >= 0.6 is 0 Å². The number of β-amino-alcohol motifs (C(OH)–C–C–N with tert-alkyl or cyclic N) is 1. The summed E-state index contributed by atoms with van der Waals surface area (Å²) in [4.78, 5) is 14.3. The third-order valence-electron chi connectivity index (χ3n) is 5.66. The summed E-state index contributed by atoms with van der Waals surface area (Å²) < 4.78 is 6.10. The number of hydrogen-bond donors (Lipinski definition) is 2. The van der Waals surface area contributed by atoms with Gasteiger partial charge in [0.05, 0.1) is 18.8 Å². The minimum Gasteiger partial charge on any atom is -0.391 e. The van der Waals surface area contributed by atoms with Gasteiger partial charge in [0.2, 0.25) is 5.91 Å². The lowest BCUT2D eigenvalue weighted by atomic mass is 9.97. The van der Waals surface area contributed by atoms with Gasteiger partial charge in [-0.05, 0) is 31.0 Å².